The lowest BCUT2D eigenvalue weighted by Crippen LogP contribution is -2.43. The molecule has 0 spiro atoms. The van der Waals surface area contributed by atoms with Crippen molar-refractivity contribution in [1.82, 2.24) is 5.32 Å². The SMILES string of the molecule is CC(C)C(CC(=O)O)NC(=O)C1CCCCCC1. The summed E-state index contributed by atoms with van der Waals surface area (Å²) in [4.78, 5) is 22.9. The van der Waals surface area contributed by atoms with Gasteiger partial charge in [0.25, 0.3) is 0 Å². The fraction of sp³-hybridized carbons (Fsp3) is 0.857. The maximum atomic E-state index is 12.1. The van der Waals surface area contributed by atoms with Gasteiger partial charge in [0.05, 0.1) is 6.42 Å². The molecule has 2 N–H and O–H groups in total. The van der Waals surface area contributed by atoms with Gasteiger partial charge in [0, 0.05) is 12.0 Å². The van der Waals surface area contributed by atoms with E-state index in [1.54, 1.807) is 0 Å². The van der Waals surface area contributed by atoms with Gasteiger partial charge in [0.15, 0.2) is 0 Å². The lowest BCUT2D eigenvalue weighted by Gasteiger charge is -2.23. The van der Waals surface area contributed by atoms with Crippen LogP contribution in [0, 0.1) is 11.8 Å². The van der Waals surface area contributed by atoms with Crippen molar-refractivity contribution < 1.29 is 14.7 Å². The van der Waals surface area contributed by atoms with E-state index < -0.39 is 5.97 Å². The highest BCUT2D eigenvalue weighted by molar-refractivity contribution is 5.79. The van der Waals surface area contributed by atoms with Gasteiger partial charge < -0.3 is 10.4 Å². The second kappa shape index (κ2) is 7.39. The molecule has 1 saturated carbocycles. The molecule has 0 aromatic rings. The number of carboxylic acid groups (broad SMARTS) is 1. The molecule has 0 aromatic heterocycles. The molecule has 1 atom stereocenters. The van der Waals surface area contributed by atoms with Crippen LogP contribution in [-0.2, 0) is 9.59 Å². The Balaban J connectivity index is 2.51. The number of aliphatic carboxylic acids is 1. The Bertz CT molecular complexity index is 281. The first kappa shape index (κ1) is 15.0. The van der Waals surface area contributed by atoms with E-state index in [4.69, 9.17) is 5.11 Å². The summed E-state index contributed by atoms with van der Waals surface area (Å²) in [7, 11) is 0. The maximum Gasteiger partial charge on any atom is 0.305 e. The van der Waals surface area contributed by atoms with Crippen molar-refractivity contribution in [3.05, 3.63) is 0 Å². The van der Waals surface area contributed by atoms with E-state index in [1.165, 1.54) is 12.8 Å². The Kier molecular flexibility index (Phi) is 6.16. The molecular formula is C14H25NO3. The molecule has 1 amide bonds. The Morgan fingerprint density at radius 2 is 1.72 bits per heavy atom. The molecule has 1 fully saturated rings. The summed E-state index contributed by atoms with van der Waals surface area (Å²) in [5.41, 5.74) is 0. The molecule has 0 bridgehead atoms. The number of hydrogen-bond acceptors (Lipinski definition) is 2. The van der Waals surface area contributed by atoms with Gasteiger partial charge >= 0.3 is 5.97 Å². The number of carbonyl (C=O) groups excluding carboxylic acids is 1. The van der Waals surface area contributed by atoms with Crippen LogP contribution in [0.3, 0.4) is 0 Å². The van der Waals surface area contributed by atoms with Crippen LogP contribution < -0.4 is 5.32 Å². The van der Waals surface area contributed by atoms with Gasteiger partial charge in [-0.1, -0.05) is 39.5 Å². The monoisotopic (exact) mass is 255 g/mol. The fourth-order valence-corrected chi connectivity index (χ4v) is 2.48. The van der Waals surface area contributed by atoms with Gasteiger partial charge in [0.2, 0.25) is 5.91 Å². The minimum Gasteiger partial charge on any atom is -0.481 e. The minimum atomic E-state index is -0.852. The third kappa shape index (κ3) is 5.07. The number of nitrogens with one attached hydrogen (secondary N) is 1. The van der Waals surface area contributed by atoms with Crippen molar-refractivity contribution in [3.63, 3.8) is 0 Å². The van der Waals surface area contributed by atoms with Crippen molar-refractivity contribution in [2.24, 2.45) is 11.8 Å². The Hall–Kier alpha value is -1.06. The first-order valence-corrected chi connectivity index (χ1v) is 7.03. The summed E-state index contributed by atoms with van der Waals surface area (Å²) in [6.07, 6.45) is 6.56. The summed E-state index contributed by atoms with van der Waals surface area (Å²) in [5, 5.41) is 11.8. The molecule has 1 aliphatic carbocycles. The van der Waals surface area contributed by atoms with Crippen molar-refractivity contribution in [2.45, 2.75) is 64.8 Å². The van der Waals surface area contributed by atoms with Gasteiger partial charge in [-0.3, -0.25) is 9.59 Å². The summed E-state index contributed by atoms with van der Waals surface area (Å²) in [6, 6.07) is -0.252. The van der Waals surface area contributed by atoms with Gasteiger partial charge in [0.1, 0.15) is 0 Å². The number of amides is 1. The third-order valence-corrected chi connectivity index (χ3v) is 3.75. The molecule has 0 aliphatic heterocycles. The number of rotatable bonds is 5. The largest absolute Gasteiger partial charge is 0.481 e. The van der Waals surface area contributed by atoms with Crippen LogP contribution in [0.5, 0.6) is 0 Å². The molecule has 1 rings (SSSR count). The molecule has 104 valence electrons. The van der Waals surface area contributed by atoms with Crippen LogP contribution in [-0.4, -0.2) is 23.0 Å². The molecule has 1 unspecified atom stereocenters. The minimum absolute atomic E-state index is 0.0100. The van der Waals surface area contributed by atoms with Gasteiger partial charge in [-0.15, -0.1) is 0 Å². The van der Waals surface area contributed by atoms with Gasteiger partial charge in [-0.2, -0.15) is 0 Å². The Morgan fingerprint density at radius 1 is 1.17 bits per heavy atom. The fourth-order valence-electron chi connectivity index (χ4n) is 2.48. The normalized spacial score (nSPS) is 19.3. The highest BCUT2D eigenvalue weighted by Gasteiger charge is 2.25. The van der Waals surface area contributed by atoms with Crippen molar-refractivity contribution >= 4 is 11.9 Å². The number of carbonyl (C=O) groups is 2. The van der Waals surface area contributed by atoms with Crippen LogP contribution in [0.1, 0.15) is 58.8 Å². The second-order valence-electron chi connectivity index (χ2n) is 5.65. The Morgan fingerprint density at radius 3 is 2.17 bits per heavy atom. The predicted molar refractivity (Wildman–Crippen MR) is 70.2 cm³/mol. The number of carboxylic acids is 1. The first-order chi connectivity index (χ1) is 8.50. The van der Waals surface area contributed by atoms with E-state index in [1.807, 2.05) is 13.8 Å². The van der Waals surface area contributed by atoms with Gasteiger partial charge in [-0.05, 0) is 18.8 Å². The van der Waals surface area contributed by atoms with Crippen LogP contribution in [0.25, 0.3) is 0 Å². The molecule has 4 heteroatoms. The molecule has 0 aromatic carbocycles. The average Bonchev–Trinajstić information content (AvgIpc) is 2.55. The van der Waals surface area contributed by atoms with E-state index in [2.05, 4.69) is 5.32 Å². The van der Waals surface area contributed by atoms with E-state index in [0.29, 0.717) is 0 Å². The standard InChI is InChI=1S/C14H25NO3/c1-10(2)12(9-13(16)17)15-14(18)11-7-5-3-4-6-8-11/h10-12H,3-9H2,1-2H3,(H,15,18)(H,16,17). The van der Waals surface area contributed by atoms with E-state index in [0.717, 1.165) is 25.7 Å². The molecule has 0 radical (unpaired) electrons. The molecule has 1 aliphatic rings. The summed E-state index contributed by atoms with van der Waals surface area (Å²) in [6.45, 7) is 3.89. The smallest absolute Gasteiger partial charge is 0.305 e. The maximum absolute atomic E-state index is 12.1. The molecule has 4 nitrogen and oxygen atoms in total. The zero-order valence-electron chi connectivity index (χ0n) is 11.4. The van der Waals surface area contributed by atoms with Crippen molar-refractivity contribution in [3.8, 4) is 0 Å². The molecule has 0 heterocycles. The van der Waals surface area contributed by atoms with Crippen molar-refractivity contribution in [1.29, 1.82) is 0 Å². The van der Waals surface area contributed by atoms with Crippen LogP contribution in [0.15, 0.2) is 0 Å². The zero-order valence-corrected chi connectivity index (χ0v) is 11.4. The van der Waals surface area contributed by atoms with E-state index >= 15 is 0 Å². The van der Waals surface area contributed by atoms with E-state index in [9.17, 15) is 9.59 Å². The predicted octanol–water partition coefficient (Wildman–Crippen LogP) is 2.57. The quantitative estimate of drug-likeness (QED) is 0.742. The topological polar surface area (TPSA) is 66.4 Å². The van der Waals surface area contributed by atoms with Crippen LogP contribution >= 0.6 is 0 Å². The van der Waals surface area contributed by atoms with Gasteiger partial charge in [-0.25, -0.2) is 0 Å². The molecule has 0 saturated heterocycles. The highest BCUT2D eigenvalue weighted by atomic mass is 16.4. The summed E-state index contributed by atoms with van der Waals surface area (Å²) < 4.78 is 0. The summed E-state index contributed by atoms with van der Waals surface area (Å²) >= 11 is 0. The average molecular weight is 255 g/mol. The molecule has 18 heavy (non-hydrogen) atoms. The number of hydrogen-bond donors (Lipinski definition) is 2. The van der Waals surface area contributed by atoms with E-state index in [-0.39, 0.29) is 30.2 Å². The third-order valence-electron chi connectivity index (χ3n) is 3.75. The van der Waals surface area contributed by atoms with Crippen LogP contribution in [0.2, 0.25) is 0 Å². The Labute approximate surface area is 109 Å². The lowest BCUT2D eigenvalue weighted by molar-refractivity contribution is -0.138. The van der Waals surface area contributed by atoms with Crippen LogP contribution in [0.4, 0.5) is 0 Å². The zero-order chi connectivity index (χ0) is 13.5. The first-order valence-electron chi connectivity index (χ1n) is 7.03. The molecular weight excluding hydrogens is 230 g/mol. The highest BCUT2D eigenvalue weighted by Crippen LogP contribution is 2.23. The second-order valence-corrected chi connectivity index (χ2v) is 5.65. The summed E-state index contributed by atoms with van der Waals surface area (Å²) in [5.74, 6) is -0.565. The lowest BCUT2D eigenvalue weighted by atomic mass is 9.96. The van der Waals surface area contributed by atoms with Crippen molar-refractivity contribution in [2.75, 3.05) is 0 Å².